The van der Waals surface area contributed by atoms with Crippen molar-refractivity contribution in [1.29, 1.82) is 0 Å². The number of thiazole rings is 1. The van der Waals surface area contributed by atoms with Crippen molar-refractivity contribution in [2.75, 3.05) is 13.1 Å². The molecule has 2 rings (SSSR count). The zero-order valence-electron chi connectivity index (χ0n) is 10.6. The number of aryl methyl sites for hydroxylation is 1. The van der Waals surface area contributed by atoms with Gasteiger partial charge < -0.3 is 5.11 Å². The number of carbonyl (C=O) groups is 1. The van der Waals surface area contributed by atoms with Crippen molar-refractivity contribution >= 4 is 27.3 Å². The lowest BCUT2D eigenvalue weighted by Crippen LogP contribution is -2.28. The predicted octanol–water partition coefficient (Wildman–Crippen LogP) is 1.33. The Balaban J connectivity index is 2.02. The van der Waals surface area contributed by atoms with Crippen molar-refractivity contribution in [1.82, 2.24) is 9.29 Å². The minimum Gasteiger partial charge on any atom is -0.481 e. The lowest BCUT2D eigenvalue weighted by atomic mass is 10.0. The molecule has 1 saturated heterocycles. The Kier molecular flexibility index (Phi) is 4.22. The summed E-state index contributed by atoms with van der Waals surface area (Å²) in [5.41, 5.74) is 0. The fraction of sp³-hybridized carbons (Fsp3) is 0.636. The smallest absolute Gasteiger partial charge is 0.303 e. The van der Waals surface area contributed by atoms with Crippen molar-refractivity contribution in [2.45, 2.75) is 30.4 Å². The fourth-order valence-corrected chi connectivity index (χ4v) is 4.96. The molecule has 6 nitrogen and oxygen atoms in total. The second kappa shape index (κ2) is 5.56. The van der Waals surface area contributed by atoms with Crippen molar-refractivity contribution < 1.29 is 18.3 Å². The van der Waals surface area contributed by atoms with E-state index in [1.54, 1.807) is 6.92 Å². The van der Waals surface area contributed by atoms with Gasteiger partial charge in [-0.15, -0.1) is 11.3 Å². The molecule has 8 heteroatoms. The number of hydrogen-bond acceptors (Lipinski definition) is 5. The van der Waals surface area contributed by atoms with Crippen LogP contribution >= 0.6 is 11.3 Å². The van der Waals surface area contributed by atoms with Crippen molar-refractivity contribution in [3.63, 3.8) is 0 Å². The van der Waals surface area contributed by atoms with Crippen LogP contribution in [0, 0.1) is 12.8 Å². The number of rotatable bonds is 5. The average Bonchev–Trinajstić information content (AvgIpc) is 2.95. The number of aliphatic carboxylic acids is 1. The van der Waals surface area contributed by atoms with E-state index in [2.05, 4.69) is 4.98 Å². The van der Waals surface area contributed by atoms with Crippen LogP contribution in [0.2, 0.25) is 0 Å². The Morgan fingerprint density at radius 1 is 1.63 bits per heavy atom. The van der Waals surface area contributed by atoms with E-state index < -0.39 is 16.0 Å². The number of sulfonamides is 1. The zero-order chi connectivity index (χ0) is 14.0. The summed E-state index contributed by atoms with van der Waals surface area (Å²) in [6.45, 7) is 2.64. The maximum atomic E-state index is 12.3. The van der Waals surface area contributed by atoms with Gasteiger partial charge >= 0.3 is 5.97 Å². The van der Waals surface area contributed by atoms with Gasteiger partial charge in [-0.05, 0) is 25.7 Å². The summed E-state index contributed by atoms with van der Waals surface area (Å²) in [5, 5.41) is 9.36. The highest BCUT2D eigenvalue weighted by atomic mass is 32.2. The summed E-state index contributed by atoms with van der Waals surface area (Å²) in [5.74, 6) is -0.695. The van der Waals surface area contributed by atoms with E-state index in [-0.39, 0.29) is 16.5 Å². The number of nitrogens with zero attached hydrogens (tertiary/aromatic N) is 2. The number of carboxylic acids is 1. The Labute approximate surface area is 116 Å². The average molecular weight is 304 g/mol. The van der Waals surface area contributed by atoms with Gasteiger partial charge in [0.05, 0.1) is 11.2 Å². The van der Waals surface area contributed by atoms with Crippen LogP contribution in [-0.4, -0.2) is 41.9 Å². The van der Waals surface area contributed by atoms with Crippen LogP contribution < -0.4 is 0 Å². The Hall–Kier alpha value is -0.990. The summed E-state index contributed by atoms with van der Waals surface area (Å²) in [4.78, 5) is 14.5. The highest BCUT2D eigenvalue weighted by molar-refractivity contribution is 7.91. The first-order valence-corrected chi connectivity index (χ1v) is 8.29. The lowest BCUT2D eigenvalue weighted by molar-refractivity contribution is -0.137. The Bertz CT molecular complexity index is 567. The molecule has 1 aliphatic heterocycles. The summed E-state index contributed by atoms with van der Waals surface area (Å²) >= 11 is 1.17. The first kappa shape index (κ1) is 14.4. The maximum absolute atomic E-state index is 12.3. The monoisotopic (exact) mass is 304 g/mol. The summed E-state index contributed by atoms with van der Waals surface area (Å²) in [7, 11) is -3.45. The second-order valence-corrected chi connectivity index (χ2v) is 8.05. The third kappa shape index (κ3) is 3.31. The second-order valence-electron chi connectivity index (χ2n) is 4.65. The molecule has 0 aliphatic carbocycles. The third-order valence-corrected chi connectivity index (χ3v) is 6.42. The standard InChI is InChI=1S/C11H16N2O4S2/c1-8-12-6-11(18-8)19(16,17)13-5-4-9(7-13)2-3-10(14)15/h6,9H,2-5,7H2,1H3,(H,14,15). The van der Waals surface area contributed by atoms with E-state index >= 15 is 0 Å². The molecule has 19 heavy (non-hydrogen) atoms. The Morgan fingerprint density at radius 3 is 2.95 bits per heavy atom. The molecule has 2 heterocycles. The first-order valence-electron chi connectivity index (χ1n) is 6.04. The van der Waals surface area contributed by atoms with Crippen LogP contribution in [0.4, 0.5) is 0 Å². The van der Waals surface area contributed by atoms with Gasteiger partial charge in [-0.3, -0.25) is 4.79 Å². The molecule has 1 unspecified atom stereocenters. The number of carboxylic acid groups (broad SMARTS) is 1. The molecule has 1 atom stereocenters. The highest BCUT2D eigenvalue weighted by Gasteiger charge is 2.33. The first-order chi connectivity index (χ1) is 8.89. The van der Waals surface area contributed by atoms with Gasteiger partial charge in [0.15, 0.2) is 4.21 Å². The van der Waals surface area contributed by atoms with Crippen LogP contribution in [0.15, 0.2) is 10.4 Å². The zero-order valence-corrected chi connectivity index (χ0v) is 12.2. The molecule has 0 saturated carbocycles. The van der Waals surface area contributed by atoms with Crippen LogP contribution in [0.5, 0.6) is 0 Å². The van der Waals surface area contributed by atoms with Gasteiger partial charge in [0.25, 0.3) is 10.0 Å². The molecule has 1 aromatic rings. The van der Waals surface area contributed by atoms with Gasteiger partial charge in [0, 0.05) is 19.5 Å². The van der Waals surface area contributed by atoms with E-state index in [0.717, 1.165) is 11.4 Å². The minimum atomic E-state index is -3.45. The number of aromatic nitrogens is 1. The van der Waals surface area contributed by atoms with Gasteiger partial charge in [-0.2, -0.15) is 4.31 Å². The SMILES string of the molecule is Cc1ncc(S(=O)(=O)N2CCC(CCC(=O)O)C2)s1. The molecule has 1 fully saturated rings. The molecule has 1 N–H and O–H groups in total. The van der Waals surface area contributed by atoms with Crippen molar-refractivity contribution in [3.05, 3.63) is 11.2 Å². The largest absolute Gasteiger partial charge is 0.481 e. The predicted molar refractivity (Wildman–Crippen MR) is 70.6 cm³/mol. The highest BCUT2D eigenvalue weighted by Crippen LogP contribution is 2.29. The van der Waals surface area contributed by atoms with Crippen LogP contribution in [0.1, 0.15) is 24.3 Å². The van der Waals surface area contributed by atoms with E-state index in [0.29, 0.717) is 19.5 Å². The summed E-state index contributed by atoms with van der Waals surface area (Å²) in [6.07, 6.45) is 2.74. The van der Waals surface area contributed by atoms with Crippen molar-refractivity contribution in [2.24, 2.45) is 5.92 Å². The van der Waals surface area contributed by atoms with E-state index in [4.69, 9.17) is 5.11 Å². The molecule has 1 aromatic heterocycles. The molecule has 106 valence electrons. The molecule has 0 aromatic carbocycles. The molecular weight excluding hydrogens is 288 g/mol. The third-order valence-electron chi connectivity index (χ3n) is 3.21. The van der Waals surface area contributed by atoms with E-state index in [1.165, 1.54) is 21.8 Å². The fourth-order valence-electron chi connectivity index (χ4n) is 2.17. The van der Waals surface area contributed by atoms with Gasteiger partial charge in [-0.1, -0.05) is 0 Å². The number of hydrogen-bond donors (Lipinski definition) is 1. The van der Waals surface area contributed by atoms with Gasteiger partial charge in [0.2, 0.25) is 0 Å². The van der Waals surface area contributed by atoms with Gasteiger partial charge in [0.1, 0.15) is 0 Å². The molecule has 1 aliphatic rings. The molecule has 0 radical (unpaired) electrons. The molecule has 0 bridgehead atoms. The van der Waals surface area contributed by atoms with Crippen LogP contribution in [0.3, 0.4) is 0 Å². The Morgan fingerprint density at radius 2 is 2.37 bits per heavy atom. The molecule has 0 amide bonds. The molecule has 0 spiro atoms. The minimum absolute atomic E-state index is 0.0955. The van der Waals surface area contributed by atoms with E-state index in [1.807, 2.05) is 0 Å². The summed E-state index contributed by atoms with van der Waals surface area (Å²) < 4.78 is 26.3. The van der Waals surface area contributed by atoms with Crippen LogP contribution in [0.25, 0.3) is 0 Å². The van der Waals surface area contributed by atoms with Crippen LogP contribution in [-0.2, 0) is 14.8 Å². The normalized spacial score (nSPS) is 20.8. The van der Waals surface area contributed by atoms with Crippen molar-refractivity contribution in [3.8, 4) is 0 Å². The maximum Gasteiger partial charge on any atom is 0.303 e. The van der Waals surface area contributed by atoms with E-state index in [9.17, 15) is 13.2 Å². The van der Waals surface area contributed by atoms with Gasteiger partial charge in [-0.25, -0.2) is 13.4 Å². The topological polar surface area (TPSA) is 87.6 Å². The summed E-state index contributed by atoms with van der Waals surface area (Å²) in [6, 6.07) is 0. The quantitative estimate of drug-likeness (QED) is 0.886. The molecular formula is C11H16N2O4S2. The lowest BCUT2D eigenvalue weighted by Gasteiger charge is -2.14.